The Bertz CT molecular complexity index is 1000. The molecule has 0 aliphatic rings. The molecule has 0 amide bonds. The van der Waals surface area contributed by atoms with Gasteiger partial charge in [-0.1, -0.05) is 0 Å². The number of rotatable bonds is 5. The molecule has 0 unspecified atom stereocenters. The molecule has 0 saturated heterocycles. The van der Waals surface area contributed by atoms with Crippen LogP contribution in [0.1, 0.15) is 18.3 Å². The summed E-state index contributed by atoms with van der Waals surface area (Å²) in [6.45, 7) is 2.55. The van der Waals surface area contributed by atoms with Crippen LogP contribution in [0, 0.1) is 6.92 Å². The molecular weight excluding hydrogens is 387 g/mol. The molecular formula is C17H15F5N4O2. The van der Waals surface area contributed by atoms with Crippen LogP contribution in [0.25, 0.3) is 16.9 Å². The molecule has 0 fully saturated rings. The quantitative estimate of drug-likeness (QED) is 0.601. The lowest BCUT2D eigenvalue weighted by Gasteiger charge is -2.18. The zero-order valence-electron chi connectivity index (χ0n) is 15.0. The highest BCUT2D eigenvalue weighted by atomic mass is 19.4. The summed E-state index contributed by atoms with van der Waals surface area (Å²) < 4.78 is 75.7. The average molecular weight is 402 g/mol. The SMILES string of the molecule is COC(F)(F)c1nnc2cnc(-c3ccc(O[C@H](C)C(F)(F)F)cc3C)cn12. The van der Waals surface area contributed by atoms with E-state index >= 15 is 0 Å². The zero-order valence-corrected chi connectivity index (χ0v) is 15.0. The number of alkyl halides is 5. The molecule has 3 rings (SSSR count). The third-order valence-corrected chi connectivity index (χ3v) is 4.06. The number of methoxy groups -OCH3 is 1. The van der Waals surface area contributed by atoms with Crippen molar-refractivity contribution in [2.24, 2.45) is 0 Å². The van der Waals surface area contributed by atoms with E-state index < -0.39 is 24.2 Å². The molecule has 3 aromatic rings. The molecule has 6 nitrogen and oxygen atoms in total. The fourth-order valence-electron chi connectivity index (χ4n) is 2.50. The van der Waals surface area contributed by atoms with Crippen molar-refractivity contribution in [1.29, 1.82) is 0 Å². The van der Waals surface area contributed by atoms with Crippen molar-refractivity contribution >= 4 is 5.65 Å². The van der Waals surface area contributed by atoms with Crippen LogP contribution in [0.3, 0.4) is 0 Å². The van der Waals surface area contributed by atoms with Gasteiger partial charge in [0.2, 0.25) is 5.82 Å². The Balaban J connectivity index is 1.97. The molecule has 1 atom stereocenters. The standard InChI is InChI=1S/C17H15F5N4O2/c1-9-6-11(28-10(2)16(18,19)20)4-5-12(9)13-8-26-14(7-23-13)24-25-15(26)17(21,22)27-3/h4-8,10H,1-3H3/t10-/m1/s1. The van der Waals surface area contributed by atoms with Gasteiger partial charge in [0.05, 0.1) is 11.9 Å². The van der Waals surface area contributed by atoms with Crippen molar-refractivity contribution in [3.63, 3.8) is 0 Å². The van der Waals surface area contributed by atoms with Gasteiger partial charge >= 0.3 is 12.3 Å². The van der Waals surface area contributed by atoms with Gasteiger partial charge in [-0.25, -0.2) is 0 Å². The number of aryl methyl sites for hydroxylation is 1. The molecule has 0 aliphatic heterocycles. The molecule has 28 heavy (non-hydrogen) atoms. The van der Waals surface area contributed by atoms with Gasteiger partial charge in [0, 0.05) is 18.9 Å². The molecule has 0 bridgehead atoms. The van der Waals surface area contributed by atoms with Gasteiger partial charge in [-0.2, -0.15) is 22.0 Å². The lowest BCUT2D eigenvalue weighted by Crippen LogP contribution is -2.31. The molecule has 1 aromatic carbocycles. The number of hydrogen-bond acceptors (Lipinski definition) is 5. The summed E-state index contributed by atoms with van der Waals surface area (Å²) in [7, 11) is 0.841. The highest BCUT2D eigenvalue weighted by molar-refractivity contribution is 5.65. The second kappa shape index (κ2) is 6.97. The first-order valence-electron chi connectivity index (χ1n) is 8.01. The van der Waals surface area contributed by atoms with Crippen LogP contribution in [0.5, 0.6) is 5.75 Å². The number of nitrogens with zero attached hydrogens (tertiary/aromatic N) is 4. The van der Waals surface area contributed by atoms with Gasteiger partial charge in [-0.3, -0.25) is 9.38 Å². The number of aromatic nitrogens is 4. The summed E-state index contributed by atoms with van der Waals surface area (Å²) >= 11 is 0. The maximum Gasteiger partial charge on any atom is 0.425 e. The third-order valence-electron chi connectivity index (χ3n) is 4.06. The molecule has 2 heterocycles. The summed E-state index contributed by atoms with van der Waals surface area (Å²) in [4.78, 5) is 4.16. The Morgan fingerprint density at radius 2 is 1.82 bits per heavy atom. The van der Waals surface area contributed by atoms with Crippen LogP contribution >= 0.6 is 0 Å². The van der Waals surface area contributed by atoms with E-state index in [1.807, 2.05) is 0 Å². The van der Waals surface area contributed by atoms with E-state index in [-0.39, 0.29) is 11.4 Å². The highest BCUT2D eigenvalue weighted by Gasteiger charge is 2.38. The van der Waals surface area contributed by atoms with Gasteiger partial charge < -0.3 is 9.47 Å². The highest BCUT2D eigenvalue weighted by Crippen LogP contribution is 2.31. The van der Waals surface area contributed by atoms with Crippen molar-refractivity contribution in [2.45, 2.75) is 32.2 Å². The van der Waals surface area contributed by atoms with Crippen molar-refractivity contribution in [2.75, 3.05) is 7.11 Å². The molecule has 0 spiro atoms. The summed E-state index contributed by atoms with van der Waals surface area (Å²) in [5, 5.41) is 7.06. The van der Waals surface area contributed by atoms with Crippen LogP contribution in [0.4, 0.5) is 22.0 Å². The van der Waals surface area contributed by atoms with E-state index in [4.69, 9.17) is 4.74 Å². The zero-order chi connectivity index (χ0) is 20.7. The van der Waals surface area contributed by atoms with Crippen molar-refractivity contribution < 1.29 is 31.4 Å². The number of hydrogen-bond donors (Lipinski definition) is 0. The smallest absolute Gasteiger partial charge is 0.425 e. The molecule has 0 N–H and O–H groups in total. The lowest BCUT2D eigenvalue weighted by atomic mass is 10.1. The molecule has 0 saturated carbocycles. The second-order valence-corrected chi connectivity index (χ2v) is 6.02. The second-order valence-electron chi connectivity index (χ2n) is 6.02. The van der Waals surface area contributed by atoms with Crippen LogP contribution in [0.15, 0.2) is 30.6 Å². The van der Waals surface area contributed by atoms with Gasteiger partial charge in [0.1, 0.15) is 5.75 Å². The lowest BCUT2D eigenvalue weighted by molar-refractivity contribution is -0.237. The van der Waals surface area contributed by atoms with Crippen molar-refractivity contribution in [1.82, 2.24) is 19.6 Å². The summed E-state index contributed by atoms with van der Waals surface area (Å²) in [6.07, 6.45) is -7.55. The Morgan fingerprint density at radius 1 is 1.11 bits per heavy atom. The van der Waals surface area contributed by atoms with E-state index in [9.17, 15) is 22.0 Å². The van der Waals surface area contributed by atoms with Gasteiger partial charge in [-0.05, 0) is 37.6 Å². The Hall–Kier alpha value is -2.82. The fourth-order valence-corrected chi connectivity index (χ4v) is 2.50. The van der Waals surface area contributed by atoms with Crippen LogP contribution in [0.2, 0.25) is 0 Å². The first kappa shape index (κ1) is 19.9. The molecule has 2 aromatic heterocycles. The molecule has 0 aliphatic carbocycles. The first-order chi connectivity index (χ1) is 13.0. The van der Waals surface area contributed by atoms with E-state index in [0.29, 0.717) is 16.8 Å². The maximum absolute atomic E-state index is 13.9. The van der Waals surface area contributed by atoms with E-state index in [0.717, 1.165) is 18.4 Å². The van der Waals surface area contributed by atoms with Gasteiger partial charge in [-0.15, -0.1) is 10.2 Å². The predicted molar refractivity (Wildman–Crippen MR) is 88.0 cm³/mol. The van der Waals surface area contributed by atoms with E-state index in [2.05, 4.69) is 19.9 Å². The number of fused-ring (bicyclic) bond motifs is 1. The number of ether oxygens (including phenoxy) is 2. The topological polar surface area (TPSA) is 61.5 Å². The minimum absolute atomic E-state index is 0.0306. The van der Waals surface area contributed by atoms with Crippen LogP contribution in [-0.4, -0.2) is 39.0 Å². The number of benzene rings is 1. The molecule has 0 radical (unpaired) electrons. The Kier molecular flexibility index (Phi) is 4.96. The largest absolute Gasteiger partial charge is 0.481 e. The van der Waals surface area contributed by atoms with Crippen LogP contribution in [-0.2, 0) is 10.8 Å². The molecule has 150 valence electrons. The minimum Gasteiger partial charge on any atom is -0.481 e. The number of halogens is 5. The van der Waals surface area contributed by atoms with Crippen LogP contribution < -0.4 is 4.74 Å². The average Bonchev–Trinajstić information content (AvgIpc) is 3.05. The van der Waals surface area contributed by atoms with Gasteiger partial charge in [0.25, 0.3) is 0 Å². The normalized spacial score (nSPS) is 13.7. The monoisotopic (exact) mass is 402 g/mol. The van der Waals surface area contributed by atoms with Gasteiger partial charge in [0.15, 0.2) is 11.8 Å². The Labute approximate surface area is 155 Å². The van der Waals surface area contributed by atoms with E-state index in [1.54, 1.807) is 6.92 Å². The first-order valence-corrected chi connectivity index (χ1v) is 8.01. The van der Waals surface area contributed by atoms with E-state index in [1.165, 1.54) is 30.6 Å². The minimum atomic E-state index is -4.49. The Morgan fingerprint density at radius 3 is 2.43 bits per heavy atom. The summed E-state index contributed by atoms with van der Waals surface area (Å²) in [5.41, 5.74) is 1.46. The third kappa shape index (κ3) is 3.75. The summed E-state index contributed by atoms with van der Waals surface area (Å²) in [6, 6.07) is 4.27. The summed E-state index contributed by atoms with van der Waals surface area (Å²) in [5.74, 6) is -0.687. The van der Waals surface area contributed by atoms with Crippen molar-refractivity contribution in [3.05, 3.63) is 42.0 Å². The fraction of sp³-hybridized carbons (Fsp3) is 0.353. The molecule has 11 heteroatoms. The van der Waals surface area contributed by atoms with Crippen molar-refractivity contribution in [3.8, 4) is 17.0 Å². The predicted octanol–water partition coefficient (Wildman–Crippen LogP) is 4.13. The maximum atomic E-state index is 13.9.